The van der Waals surface area contributed by atoms with Gasteiger partial charge >= 0.3 is 0 Å². The highest BCUT2D eigenvalue weighted by Crippen LogP contribution is 2.40. The lowest BCUT2D eigenvalue weighted by atomic mass is 9.86. The standard InChI is InChI=1S/C18H15N3O3S/c22-14-9-16(24)15(23)8-12(14)17-19-20-18(25)21(17)13-7-3-5-10-4-1-2-6-11(10)13/h1-4,6-10,22-24H,5H2,(H,20,25). The molecule has 7 heteroatoms. The third kappa shape index (κ3) is 2.49. The topological polar surface area (TPSA) is 94.3 Å². The summed E-state index contributed by atoms with van der Waals surface area (Å²) in [5.74, 6) is -0.331. The fourth-order valence-electron chi connectivity index (χ4n) is 3.14. The van der Waals surface area contributed by atoms with Crippen LogP contribution in [0.25, 0.3) is 17.1 Å². The van der Waals surface area contributed by atoms with E-state index in [0.717, 1.165) is 23.8 Å². The quantitative estimate of drug-likeness (QED) is 0.376. The maximum absolute atomic E-state index is 10.2. The van der Waals surface area contributed by atoms with Gasteiger partial charge in [0.15, 0.2) is 22.1 Å². The number of aromatic hydroxyl groups is 3. The van der Waals surface area contributed by atoms with Gasteiger partial charge in [-0.1, -0.05) is 30.4 Å². The molecule has 1 heterocycles. The summed E-state index contributed by atoms with van der Waals surface area (Å²) in [6, 6.07) is 2.34. The number of fused-ring (bicyclic) bond motifs is 1. The number of nitrogens with zero attached hydrogens (tertiary/aromatic N) is 2. The molecule has 0 spiro atoms. The van der Waals surface area contributed by atoms with E-state index in [1.807, 2.05) is 24.3 Å². The van der Waals surface area contributed by atoms with Crippen molar-refractivity contribution in [3.8, 4) is 28.6 Å². The normalized spacial score (nSPS) is 18.6. The number of H-pyrrole nitrogens is 1. The third-order valence-corrected chi connectivity index (χ3v) is 4.61. The predicted octanol–water partition coefficient (Wildman–Crippen LogP) is 3.64. The van der Waals surface area contributed by atoms with Gasteiger partial charge in [-0.15, -0.1) is 0 Å². The van der Waals surface area contributed by atoms with Crippen molar-refractivity contribution in [1.29, 1.82) is 0 Å². The van der Waals surface area contributed by atoms with Crippen LogP contribution in [0.4, 0.5) is 0 Å². The maximum Gasteiger partial charge on any atom is 0.200 e. The Morgan fingerprint density at radius 1 is 1.08 bits per heavy atom. The average molecular weight is 353 g/mol. The molecule has 1 unspecified atom stereocenters. The number of rotatable bonds is 2. The van der Waals surface area contributed by atoms with Crippen LogP contribution in [-0.2, 0) is 0 Å². The van der Waals surface area contributed by atoms with Crippen LogP contribution in [0.15, 0.2) is 54.2 Å². The van der Waals surface area contributed by atoms with Crippen molar-refractivity contribution in [3.05, 3.63) is 58.9 Å². The first-order chi connectivity index (χ1) is 12.1. The Balaban J connectivity index is 1.96. The van der Waals surface area contributed by atoms with Crippen LogP contribution in [0.5, 0.6) is 17.2 Å². The SMILES string of the molecule is Oc1cc(O)c(-c2n[nH]c(=S)n2C2=C3C=CC=CC3CC=C2)cc1O. The van der Waals surface area contributed by atoms with Crippen LogP contribution in [0.1, 0.15) is 6.42 Å². The Hall–Kier alpha value is -3.06. The molecule has 25 heavy (non-hydrogen) atoms. The number of aromatic amines is 1. The number of nitrogens with one attached hydrogen (secondary N) is 1. The van der Waals surface area contributed by atoms with E-state index in [2.05, 4.69) is 22.3 Å². The van der Waals surface area contributed by atoms with Gasteiger partial charge in [0.05, 0.1) is 11.3 Å². The van der Waals surface area contributed by atoms with Gasteiger partial charge in [0.2, 0.25) is 0 Å². The second-order valence-electron chi connectivity index (χ2n) is 5.88. The van der Waals surface area contributed by atoms with Gasteiger partial charge in [0, 0.05) is 12.0 Å². The first-order valence-corrected chi connectivity index (χ1v) is 8.16. The van der Waals surface area contributed by atoms with Gasteiger partial charge in [-0.05, 0) is 36.4 Å². The highest BCUT2D eigenvalue weighted by Gasteiger charge is 2.23. The van der Waals surface area contributed by atoms with E-state index in [1.54, 1.807) is 4.57 Å². The van der Waals surface area contributed by atoms with Gasteiger partial charge in [0.1, 0.15) is 5.75 Å². The fourth-order valence-corrected chi connectivity index (χ4v) is 3.37. The lowest BCUT2D eigenvalue weighted by Gasteiger charge is -2.23. The molecule has 0 fully saturated rings. The molecule has 0 saturated heterocycles. The molecular formula is C18H15N3O3S. The second-order valence-corrected chi connectivity index (χ2v) is 6.26. The highest BCUT2D eigenvalue weighted by molar-refractivity contribution is 7.71. The summed E-state index contributed by atoms with van der Waals surface area (Å²) >= 11 is 5.39. The maximum atomic E-state index is 10.2. The molecule has 4 N–H and O–H groups in total. The minimum Gasteiger partial charge on any atom is -0.507 e. The van der Waals surface area contributed by atoms with Crippen LogP contribution < -0.4 is 0 Å². The molecule has 2 aliphatic carbocycles. The third-order valence-electron chi connectivity index (χ3n) is 4.34. The number of benzene rings is 1. The Bertz CT molecular complexity index is 1040. The molecule has 1 atom stereocenters. The zero-order valence-electron chi connectivity index (χ0n) is 13.0. The largest absolute Gasteiger partial charge is 0.507 e. The molecule has 2 aliphatic rings. The van der Waals surface area contributed by atoms with Gasteiger partial charge in [0.25, 0.3) is 0 Å². The van der Waals surface area contributed by atoms with Crippen molar-refractivity contribution in [2.75, 3.05) is 0 Å². The van der Waals surface area contributed by atoms with Crippen molar-refractivity contribution >= 4 is 17.9 Å². The predicted molar refractivity (Wildman–Crippen MR) is 96.6 cm³/mol. The number of hydrogen-bond donors (Lipinski definition) is 4. The molecule has 4 rings (SSSR count). The molecule has 0 amide bonds. The first kappa shape index (κ1) is 15.5. The molecule has 126 valence electrons. The Kier molecular flexibility index (Phi) is 3.58. The molecule has 1 aromatic carbocycles. The van der Waals surface area contributed by atoms with Crippen LogP contribution >= 0.6 is 12.2 Å². The lowest BCUT2D eigenvalue weighted by Crippen LogP contribution is -2.11. The molecule has 0 bridgehead atoms. The molecule has 0 aliphatic heterocycles. The number of aromatic nitrogens is 3. The Morgan fingerprint density at radius 2 is 1.88 bits per heavy atom. The first-order valence-electron chi connectivity index (χ1n) is 7.75. The fraction of sp³-hybridized carbons (Fsp3) is 0.111. The van der Waals surface area contributed by atoms with E-state index < -0.39 is 5.75 Å². The smallest absolute Gasteiger partial charge is 0.200 e. The van der Waals surface area contributed by atoms with Crippen LogP contribution in [0, 0.1) is 10.7 Å². The summed E-state index contributed by atoms with van der Waals surface area (Å²) in [6.45, 7) is 0. The molecule has 0 saturated carbocycles. The van der Waals surface area contributed by atoms with E-state index in [9.17, 15) is 15.3 Å². The van der Waals surface area contributed by atoms with Gasteiger partial charge in [-0.3, -0.25) is 9.67 Å². The number of phenolic OH excluding ortho intramolecular Hbond substituents is 3. The molecule has 2 aromatic rings. The van der Waals surface area contributed by atoms with Gasteiger partial charge in [-0.25, -0.2) is 0 Å². The van der Waals surface area contributed by atoms with Crippen LogP contribution in [-0.4, -0.2) is 30.1 Å². The van der Waals surface area contributed by atoms with E-state index in [1.165, 1.54) is 6.07 Å². The zero-order chi connectivity index (χ0) is 17.6. The van der Waals surface area contributed by atoms with Crippen LogP contribution in [0.3, 0.4) is 0 Å². The van der Waals surface area contributed by atoms with Crippen LogP contribution in [0.2, 0.25) is 0 Å². The molecule has 1 aromatic heterocycles. The Labute approximate surface area is 148 Å². The molecular weight excluding hydrogens is 338 g/mol. The minimum absolute atomic E-state index is 0.202. The van der Waals surface area contributed by atoms with E-state index in [4.69, 9.17) is 12.2 Å². The minimum atomic E-state index is -0.401. The number of hydrogen-bond acceptors (Lipinski definition) is 5. The molecule has 0 radical (unpaired) electrons. The molecule has 6 nitrogen and oxygen atoms in total. The van der Waals surface area contributed by atoms with E-state index >= 15 is 0 Å². The monoisotopic (exact) mass is 353 g/mol. The highest BCUT2D eigenvalue weighted by atomic mass is 32.1. The van der Waals surface area contributed by atoms with Crippen molar-refractivity contribution in [3.63, 3.8) is 0 Å². The Morgan fingerprint density at radius 3 is 2.72 bits per heavy atom. The van der Waals surface area contributed by atoms with E-state index in [0.29, 0.717) is 10.6 Å². The van der Waals surface area contributed by atoms with Crippen molar-refractivity contribution < 1.29 is 15.3 Å². The summed E-state index contributed by atoms with van der Waals surface area (Å²) in [4.78, 5) is 0. The van der Waals surface area contributed by atoms with Gasteiger partial charge < -0.3 is 15.3 Å². The lowest BCUT2D eigenvalue weighted by molar-refractivity contribution is 0.397. The summed E-state index contributed by atoms with van der Waals surface area (Å²) in [7, 11) is 0. The van der Waals surface area contributed by atoms with Crippen molar-refractivity contribution in [1.82, 2.24) is 14.8 Å². The summed E-state index contributed by atoms with van der Waals surface area (Å²) in [6.07, 6.45) is 13.1. The number of phenols is 3. The van der Waals surface area contributed by atoms with Gasteiger partial charge in [-0.2, -0.15) is 5.10 Å². The average Bonchev–Trinajstić information content (AvgIpc) is 2.99. The number of allylic oxidation sites excluding steroid dienone is 8. The summed E-state index contributed by atoms with van der Waals surface area (Å²) < 4.78 is 2.10. The summed E-state index contributed by atoms with van der Waals surface area (Å²) in [5, 5.41) is 36.5. The zero-order valence-corrected chi connectivity index (χ0v) is 13.9. The van der Waals surface area contributed by atoms with Crippen molar-refractivity contribution in [2.45, 2.75) is 6.42 Å². The van der Waals surface area contributed by atoms with Crippen molar-refractivity contribution in [2.24, 2.45) is 5.92 Å². The summed E-state index contributed by atoms with van der Waals surface area (Å²) in [5.41, 5.74) is 2.23. The van der Waals surface area contributed by atoms with E-state index in [-0.39, 0.29) is 23.0 Å². The second kappa shape index (κ2) is 5.78.